The van der Waals surface area contributed by atoms with Crippen LogP contribution in [0, 0.1) is 13.8 Å². The summed E-state index contributed by atoms with van der Waals surface area (Å²) in [5, 5.41) is 3.65. The van der Waals surface area contributed by atoms with Gasteiger partial charge in [-0.05, 0) is 69.0 Å². The van der Waals surface area contributed by atoms with E-state index >= 15 is 0 Å². The Labute approximate surface area is 218 Å². The van der Waals surface area contributed by atoms with Crippen LogP contribution >= 0.6 is 23.2 Å². The summed E-state index contributed by atoms with van der Waals surface area (Å²) in [6.07, 6.45) is 1.39. The van der Waals surface area contributed by atoms with Crippen molar-refractivity contribution in [2.24, 2.45) is 0 Å². The Morgan fingerprint density at radius 3 is 2.26 bits per heavy atom. The molecule has 7 nitrogen and oxygen atoms in total. The predicted molar refractivity (Wildman–Crippen MR) is 142 cm³/mol. The maximum Gasteiger partial charge on any atom is 0.244 e. The first kappa shape index (κ1) is 28.9. The summed E-state index contributed by atoms with van der Waals surface area (Å²) in [6, 6.07) is 9.37. The van der Waals surface area contributed by atoms with E-state index in [4.69, 9.17) is 23.2 Å². The highest BCUT2D eigenvalue weighted by atomic mass is 35.5. The van der Waals surface area contributed by atoms with Crippen molar-refractivity contribution in [3.63, 3.8) is 0 Å². The Bertz CT molecular complexity index is 1190. The van der Waals surface area contributed by atoms with Gasteiger partial charge in [0.05, 0.1) is 11.9 Å². The van der Waals surface area contributed by atoms with Crippen LogP contribution in [0.1, 0.15) is 43.9 Å². The van der Waals surface area contributed by atoms with Crippen molar-refractivity contribution in [2.75, 3.05) is 17.1 Å². The van der Waals surface area contributed by atoms with Crippen molar-refractivity contribution in [1.82, 2.24) is 10.2 Å². The van der Waals surface area contributed by atoms with Gasteiger partial charge in [0, 0.05) is 22.6 Å². The van der Waals surface area contributed by atoms with Gasteiger partial charge in [-0.25, -0.2) is 8.42 Å². The third-order valence-corrected chi connectivity index (χ3v) is 7.20. The number of nitrogens with one attached hydrogen (secondary N) is 1. The van der Waals surface area contributed by atoms with Crippen molar-refractivity contribution in [3.8, 4) is 0 Å². The van der Waals surface area contributed by atoms with Gasteiger partial charge in [-0.1, -0.05) is 48.3 Å². The van der Waals surface area contributed by atoms with E-state index in [9.17, 15) is 18.0 Å². The van der Waals surface area contributed by atoms with Crippen molar-refractivity contribution >= 4 is 50.7 Å². The fourth-order valence-electron chi connectivity index (χ4n) is 3.72. The van der Waals surface area contributed by atoms with Crippen LogP contribution in [0.3, 0.4) is 0 Å². The summed E-state index contributed by atoms with van der Waals surface area (Å²) >= 11 is 12.4. The first-order valence-corrected chi connectivity index (χ1v) is 13.9. The van der Waals surface area contributed by atoms with E-state index in [1.807, 2.05) is 32.9 Å². The molecule has 2 aromatic rings. The summed E-state index contributed by atoms with van der Waals surface area (Å²) < 4.78 is 26.6. The largest absolute Gasteiger partial charge is 0.352 e. The first-order valence-electron chi connectivity index (χ1n) is 11.3. The number of amides is 2. The fourth-order valence-corrected chi connectivity index (χ4v) is 5.08. The van der Waals surface area contributed by atoms with Crippen LogP contribution in [0.2, 0.25) is 10.0 Å². The van der Waals surface area contributed by atoms with Gasteiger partial charge in [0.15, 0.2) is 0 Å². The van der Waals surface area contributed by atoms with Gasteiger partial charge in [0.2, 0.25) is 21.8 Å². The highest BCUT2D eigenvalue weighted by Gasteiger charge is 2.32. The van der Waals surface area contributed by atoms with E-state index in [1.165, 1.54) is 4.90 Å². The lowest BCUT2D eigenvalue weighted by molar-refractivity contribution is -0.140. The molecule has 0 saturated carbocycles. The lowest BCUT2D eigenvalue weighted by Crippen LogP contribution is -2.53. The molecule has 0 spiro atoms. The second-order valence-electron chi connectivity index (χ2n) is 8.90. The predicted octanol–water partition coefficient (Wildman–Crippen LogP) is 4.71. The third-order valence-electron chi connectivity index (χ3n) is 5.49. The number of anilines is 1. The van der Waals surface area contributed by atoms with Gasteiger partial charge in [0.25, 0.3) is 0 Å². The average molecular weight is 543 g/mol. The Balaban J connectivity index is 2.52. The van der Waals surface area contributed by atoms with Crippen LogP contribution in [-0.4, -0.2) is 50.0 Å². The number of hydrogen-bond donors (Lipinski definition) is 1. The molecule has 192 valence electrons. The highest BCUT2D eigenvalue weighted by Crippen LogP contribution is 2.26. The molecule has 0 aliphatic heterocycles. The molecule has 1 N–H and O–H groups in total. The van der Waals surface area contributed by atoms with Crippen LogP contribution in [0.5, 0.6) is 0 Å². The first-order chi connectivity index (χ1) is 16.2. The average Bonchev–Trinajstić information content (AvgIpc) is 2.73. The zero-order valence-corrected chi connectivity index (χ0v) is 23.3. The molecule has 0 unspecified atom stereocenters. The van der Waals surface area contributed by atoms with Gasteiger partial charge >= 0.3 is 0 Å². The van der Waals surface area contributed by atoms with Crippen molar-refractivity contribution in [1.29, 1.82) is 0 Å². The minimum Gasteiger partial charge on any atom is -0.352 e. The number of halogens is 2. The Kier molecular flexibility index (Phi) is 10.0. The molecule has 1 atom stereocenters. The summed E-state index contributed by atoms with van der Waals surface area (Å²) in [5.41, 5.74) is 2.59. The normalized spacial score (nSPS) is 12.4. The summed E-state index contributed by atoms with van der Waals surface area (Å²) in [6.45, 7) is 8.66. The number of hydrogen-bond acceptors (Lipinski definition) is 4. The van der Waals surface area contributed by atoms with Crippen molar-refractivity contribution in [2.45, 2.75) is 59.7 Å². The SMILES string of the molecule is CC[C@@H](C(=O)NC(C)C)N(Cc1ccc(Cl)cc1Cl)C(=O)CN(c1cc(C)ccc1C)S(C)(=O)=O. The van der Waals surface area contributed by atoms with E-state index in [0.29, 0.717) is 33.3 Å². The van der Waals surface area contributed by atoms with E-state index in [2.05, 4.69) is 5.32 Å². The fraction of sp³-hybridized carbons (Fsp3) is 0.440. The molecule has 0 saturated heterocycles. The molecular formula is C25H33Cl2N3O4S. The zero-order chi connectivity index (χ0) is 26.5. The topological polar surface area (TPSA) is 86.8 Å². The van der Waals surface area contributed by atoms with Crippen molar-refractivity contribution < 1.29 is 18.0 Å². The molecule has 0 aromatic heterocycles. The third kappa shape index (κ3) is 7.85. The van der Waals surface area contributed by atoms with Crippen LogP contribution in [0.25, 0.3) is 0 Å². The van der Waals surface area contributed by atoms with E-state index in [1.54, 1.807) is 38.1 Å². The molecule has 0 fully saturated rings. The lowest BCUT2D eigenvalue weighted by atomic mass is 10.1. The molecule has 0 heterocycles. The summed E-state index contributed by atoms with van der Waals surface area (Å²) in [4.78, 5) is 28.1. The number of carbonyl (C=O) groups is 2. The maximum absolute atomic E-state index is 13.7. The molecule has 2 amide bonds. The number of sulfonamides is 1. The van der Waals surface area contributed by atoms with E-state index in [0.717, 1.165) is 16.1 Å². The van der Waals surface area contributed by atoms with Crippen LogP contribution in [-0.2, 0) is 26.2 Å². The van der Waals surface area contributed by atoms with Crippen LogP contribution in [0.4, 0.5) is 5.69 Å². The van der Waals surface area contributed by atoms with E-state index in [-0.39, 0.29) is 18.5 Å². The number of carbonyl (C=O) groups excluding carboxylic acids is 2. The Morgan fingerprint density at radius 1 is 1.06 bits per heavy atom. The minimum absolute atomic E-state index is 0.0171. The van der Waals surface area contributed by atoms with Gasteiger partial charge in [-0.2, -0.15) is 0 Å². The number of nitrogens with zero attached hydrogens (tertiary/aromatic N) is 2. The molecular weight excluding hydrogens is 509 g/mol. The number of benzene rings is 2. The molecule has 0 radical (unpaired) electrons. The lowest BCUT2D eigenvalue weighted by Gasteiger charge is -2.33. The molecule has 2 rings (SSSR count). The van der Waals surface area contributed by atoms with Crippen LogP contribution < -0.4 is 9.62 Å². The molecule has 2 aromatic carbocycles. The monoisotopic (exact) mass is 541 g/mol. The molecule has 10 heteroatoms. The van der Waals surface area contributed by atoms with Gasteiger partial charge in [-0.15, -0.1) is 0 Å². The maximum atomic E-state index is 13.7. The Morgan fingerprint density at radius 2 is 1.71 bits per heavy atom. The zero-order valence-electron chi connectivity index (χ0n) is 20.9. The van der Waals surface area contributed by atoms with E-state index < -0.39 is 28.5 Å². The molecule has 0 aliphatic rings. The Hall–Kier alpha value is -2.29. The highest BCUT2D eigenvalue weighted by molar-refractivity contribution is 7.92. The second kappa shape index (κ2) is 12.1. The smallest absolute Gasteiger partial charge is 0.244 e. The molecule has 0 bridgehead atoms. The number of aryl methyl sites for hydroxylation is 2. The second-order valence-corrected chi connectivity index (χ2v) is 11.7. The quantitative estimate of drug-likeness (QED) is 0.471. The molecule has 0 aliphatic carbocycles. The summed E-state index contributed by atoms with van der Waals surface area (Å²) in [7, 11) is -3.80. The van der Waals surface area contributed by atoms with Crippen molar-refractivity contribution in [3.05, 3.63) is 63.1 Å². The number of rotatable bonds is 10. The van der Waals surface area contributed by atoms with Crippen LogP contribution in [0.15, 0.2) is 36.4 Å². The van der Waals surface area contributed by atoms with Gasteiger partial charge < -0.3 is 10.2 Å². The van der Waals surface area contributed by atoms with Gasteiger partial charge in [-0.3, -0.25) is 13.9 Å². The standard InChI is InChI=1S/C25H33Cl2N3O4S/c1-7-22(25(32)28-16(2)3)29(14-19-10-11-20(26)13-21(19)27)24(31)15-30(35(6,33)34)23-12-17(4)8-9-18(23)5/h8-13,16,22H,7,14-15H2,1-6H3,(H,28,32)/t22-/m0/s1. The summed E-state index contributed by atoms with van der Waals surface area (Å²) in [5.74, 6) is -0.841. The molecule has 35 heavy (non-hydrogen) atoms. The van der Waals surface area contributed by atoms with Gasteiger partial charge in [0.1, 0.15) is 12.6 Å². The minimum atomic E-state index is -3.80.